The number of benzene rings is 1. The molecule has 5 nitrogen and oxygen atoms in total. The van der Waals surface area contributed by atoms with E-state index in [0.717, 1.165) is 31.9 Å². The molecular weight excluding hydrogens is 361 g/mol. The van der Waals surface area contributed by atoms with E-state index in [4.69, 9.17) is 16.3 Å². The SMILES string of the molecule is CN(CCOc1ccc(Cl)cc1)C(=O)CN1CCNCC1.Cl.Cl. The van der Waals surface area contributed by atoms with Crippen molar-refractivity contribution in [3.8, 4) is 5.75 Å². The summed E-state index contributed by atoms with van der Waals surface area (Å²) in [7, 11) is 1.82. The lowest BCUT2D eigenvalue weighted by atomic mass is 10.3. The van der Waals surface area contributed by atoms with Crippen molar-refractivity contribution in [1.29, 1.82) is 0 Å². The van der Waals surface area contributed by atoms with Gasteiger partial charge in [-0.3, -0.25) is 9.69 Å². The van der Waals surface area contributed by atoms with Gasteiger partial charge in [-0.25, -0.2) is 0 Å². The molecule has 23 heavy (non-hydrogen) atoms. The van der Waals surface area contributed by atoms with Crippen molar-refractivity contribution in [2.24, 2.45) is 0 Å². The van der Waals surface area contributed by atoms with Crippen LogP contribution in [0.2, 0.25) is 5.02 Å². The first-order valence-electron chi connectivity index (χ1n) is 7.20. The molecule has 8 heteroatoms. The lowest BCUT2D eigenvalue weighted by Crippen LogP contribution is -2.48. The van der Waals surface area contributed by atoms with Crippen LogP contribution in [0.4, 0.5) is 0 Å². The molecule has 1 N–H and O–H groups in total. The first-order chi connectivity index (χ1) is 10.1. The summed E-state index contributed by atoms with van der Waals surface area (Å²) in [6.45, 7) is 5.31. The van der Waals surface area contributed by atoms with Crippen molar-refractivity contribution in [3.05, 3.63) is 29.3 Å². The molecule has 0 aromatic heterocycles. The van der Waals surface area contributed by atoms with Gasteiger partial charge in [0.25, 0.3) is 0 Å². The monoisotopic (exact) mass is 383 g/mol. The molecule has 0 radical (unpaired) electrons. The second-order valence-electron chi connectivity index (χ2n) is 5.14. The lowest BCUT2D eigenvalue weighted by Gasteiger charge is -2.28. The van der Waals surface area contributed by atoms with E-state index < -0.39 is 0 Å². The lowest BCUT2D eigenvalue weighted by molar-refractivity contribution is -0.131. The van der Waals surface area contributed by atoms with Gasteiger partial charge in [-0.05, 0) is 24.3 Å². The highest BCUT2D eigenvalue weighted by atomic mass is 35.5. The molecule has 1 heterocycles. The number of nitrogens with zero attached hydrogens (tertiary/aromatic N) is 2. The number of likely N-dealkylation sites (N-methyl/N-ethyl adjacent to an activating group) is 1. The second kappa shape index (κ2) is 11.8. The van der Waals surface area contributed by atoms with Crippen molar-refractivity contribution < 1.29 is 9.53 Å². The van der Waals surface area contributed by atoms with E-state index in [-0.39, 0.29) is 30.7 Å². The summed E-state index contributed by atoms with van der Waals surface area (Å²) in [6.07, 6.45) is 0. The number of carbonyl (C=O) groups is 1. The Hall–Kier alpha value is -0.720. The van der Waals surface area contributed by atoms with Gasteiger partial charge in [-0.1, -0.05) is 11.6 Å². The minimum absolute atomic E-state index is 0. The third-order valence-corrected chi connectivity index (χ3v) is 3.76. The molecule has 0 bridgehead atoms. The fourth-order valence-corrected chi connectivity index (χ4v) is 2.26. The Morgan fingerprint density at radius 2 is 1.87 bits per heavy atom. The van der Waals surface area contributed by atoms with Gasteiger partial charge in [0.15, 0.2) is 0 Å². The molecule has 0 saturated carbocycles. The number of piperazine rings is 1. The fraction of sp³-hybridized carbons (Fsp3) is 0.533. The van der Waals surface area contributed by atoms with Crippen LogP contribution in [0.25, 0.3) is 0 Å². The maximum absolute atomic E-state index is 12.1. The van der Waals surface area contributed by atoms with E-state index in [1.54, 1.807) is 17.0 Å². The van der Waals surface area contributed by atoms with Crippen LogP contribution >= 0.6 is 36.4 Å². The van der Waals surface area contributed by atoms with Crippen LogP contribution in [0.5, 0.6) is 5.75 Å². The maximum atomic E-state index is 12.1. The first-order valence-corrected chi connectivity index (χ1v) is 7.58. The van der Waals surface area contributed by atoms with Crippen molar-refractivity contribution in [1.82, 2.24) is 15.1 Å². The van der Waals surface area contributed by atoms with Gasteiger partial charge in [0.2, 0.25) is 5.91 Å². The zero-order valence-corrected chi connectivity index (χ0v) is 15.6. The van der Waals surface area contributed by atoms with Crippen LogP contribution in [0.3, 0.4) is 0 Å². The molecule has 0 spiro atoms. The molecule has 0 unspecified atom stereocenters. The predicted octanol–water partition coefficient (Wildman–Crippen LogP) is 1.93. The molecule has 1 aromatic rings. The highest BCUT2D eigenvalue weighted by molar-refractivity contribution is 6.30. The van der Waals surface area contributed by atoms with Gasteiger partial charge in [0.05, 0.1) is 13.1 Å². The molecule has 1 aromatic carbocycles. The summed E-state index contributed by atoms with van der Waals surface area (Å²) < 4.78 is 5.60. The van der Waals surface area contributed by atoms with Crippen molar-refractivity contribution in [2.75, 3.05) is 52.9 Å². The molecule has 2 rings (SSSR count). The van der Waals surface area contributed by atoms with E-state index in [0.29, 0.717) is 24.7 Å². The van der Waals surface area contributed by atoms with E-state index in [2.05, 4.69) is 10.2 Å². The minimum atomic E-state index is 0. The Balaban J connectivity index is 0.00000242. The largest absolute Gasteiger partial charge is 0.492 e. The normalized spacial score (nSPS) is 14.3. The molecule has 0 aliphatic carbocycles. The van der Waals surface area contributed by atoms with Crippen molar-refractivity contribution >= 4 is 42.3 Å². The predicted molar refractivity (Wildman–Crippen MR) is 98.4 cm³/mol. The summed E-state index contributed by atoms with van der Waals surface area (Å²) in [5.41, 5.74) is 0. The van der Waals surface area contributed by atoms with Crippen molar-refractivity contribution in [2.45, 2.75) is 0 Å². The Morgan fingerprint density at radius 1 is 1.26 bits per heavy atom. The summed E-state index contributed by atoms with van der Waals surface area (Å²) in [5, 5.41) is 3.96. The van der Waals surface area contributed by atoms with E-state index >= 15 is 0 Å². The minimum Gasteiger partial charge on any atom is -0.492 e. The first kappa shape index (κ1) is 22.3. The Morgan fingerprint density at radius 3 is 2.48 bits per heavy atom. The number of amides is 1. The number of ether oxygens (including phenoxy) is 1. The Labute approximate surface area is 155 Å². The van der Waals surface area contributed by atoms with Crippen molar-refractivity contribution in [3.63, 3.8) is 0 Å². The second-order valence-corrected chi connectivity index (χ2v) is 5.58. The van der Waals surface area contributed by atoms with Crippen LogP contribution in [0.1, 0.15) is 0 Å². The third kappa shape index (κ3) is 8.08. The average Bonchev–Trinajstić information content (AvgIpc) is 2.50. The molecule has 0 atom stereocenters. The summed E-state index contributed by atoms with van der Waals surface area (Å²) in [6, 6.07) is 7.22. The number of nitrogens with one attached hydrogen (secondary N) is 1. The Bertz CT molecular complexity index is 454. The fourth-order valence-electron chi connectivity index (χ4n) is 2.14. The van der Waals surface area contributed by atoms with Crippen LogP contribution in [0.15, 0.2) is 24.3 Å². The number of hydrogen-bond donors (Lipinski definition) is 1. The highest BCUT2D eigenvalue weighted by Gasteiger charge is 2.16. The van der Waals surface area contributed by atoms with Gasteiger partial charge < -0.3 is 15.0 Å². The van der Waals surface area contributed by atoms with Gasteiger partial charge in [-0.15, -0.1) is 24.8 Å². The molecule has 1 aliphatic heterocycles. The molecule has 1 fully saturated rings. The maximum Gasteiger partial charge on any atom is 0.236 e. The van der Waals surface area contributed by atoms with Gasteiger partial charge in [0, 0.05) is 38.2 Å². The van der Waals surface area contributed by atoms with Gasteiger partial charge in [-0.2, -0.15) is 0 Å². The van der Waals surface area contributed by atoms with Gasteiger partial charge >= 0.3 is 0 Å². The zero-order chi connectivity index (χ0) is 15.1. The van der Waals surface area contributed by atoms with Crippen LogP contribution in [0, 0.1) is 0 Å². The Kier molecular flexibility index (Phi) is 11.4. The summed E-state index contributed by atoms with van der Waals surface area (Å²) in [4.78, 5) is 16.0. The topological polar surface area (TPSA) is 44.8 Å². The number of carbonyl (C=O) groups excluding carboxylic acids is 1. The molecular formula is C15H24Cl3N3O2. The number of rotatable bonds is 6. The molecule has 1 saturated heterocycles. The summed E-state index contributed by atoms with van der Waals surface area (Å²) in [5.74, 6) is 0.902. The molecule has 132 valence electrons. The van der Waals surface area contributed by atoms with Gasteiger partial charge in [0.1, 0.15) is 12.4 Å². The number of halogens is 3. The van der Waals surface area contributed by atoms with Crippen LogP contribution in [-0.4, -0.2) is 68.6 Å². The smallest absolute Gasteiger partial charge is 0.236 e. The molecule has 1 aliphatic rings. The average molecular weight is 385 g/mol. The van der Waals surface area contributed by atoms with E-state index in [1.165, 1.54) is 0 Å². The van der Waals surface area contributed by atoms with Crippen LogP contribution in [-0.2, 0) is 4.79 Å². The van der Waals surface area contributed by atoms with E-state index in [1.807, 2.05) is 19.2 Å². The standard InChI is InChI=1S/C15H22ClN3O2.2ClH/c1-18(15(20)12-19-8-6-17-7-9-19)10-11-21-14-4-2-13(16)3-5-14;;/h2-5,17H,6-12H2,1H3;2*1H. The quantitative estimate of drug-likeness (QED) is 0.814. The van der Waals surface area contributed by atoms with Crippen LogP contribution < -0.4 is 10.1 Å². The molecule has 1 amide bonds. The zero-order valence-electron chi connectivity index (χ0n) is 13.2. The highest BCUT2D eigenvalue weighted by Crippen LogP contribution is 2.15. The number of hydrogen-bond acceptors (Lipinski definition) is 4. The van der Waals surface area contributed by atoms with E-state index in [9.17, 15) is 4.79 Å². The third-order valence-electron chi connectivity index (χ3n) is 3.50. The summed E-state index contributed by atoms with van der Waals surface area (Å²) >= 11 is 5.81.